The Morgan fingerprint density at radius 2 is 1.73 bits per heavy atom. The lowest BCUT2D eigenvalue weighted by Crippen LogP contribution is -2.29. The van der Waals surface area contributed by atoms with Gasteiger partial charge in [-0.2, -0.15) is 0 Å². The standard InChI is InChI=1S/C21H25NO4/c1-13-10-14(2)15(3)20(11-13)26-21(24)12-19(22-16(4)23)17-6-8-18(25-5)9-7-17/h6-11,19H,12H2,1-5H3,(H,22,23). The lowest BCUT2D eigenvalue weighted by Gasteiger charge is -2.18. The van der Waals surface area contributed by atoms with Gasteiger partial charge in [0.15, 0.2) is 0 Å². The highest BCUT2D eigenvalue weighted by atomic mass is 16.5. The van der Waals surface area contributed by atoms with Crippen LogP contribution in [0.5, 0.6) is 11.5 Å². The second-order valence-electron chi connectivity index (χ2n) is 6.41. The van der Waals surface area contributed by atoms with Crippen LogP contribution in [0.25, 0.3) is 0 Å². The fraction of sp³-hybridized carbons (Fsp3) is 0.333. The molecule has 0 radical (unpaired) electrons. The highest BCUT2D eigenvalue weighted by Gasteiger charge is 2.19. The molecule has 26 heavy (non-hydrogen) atoms. The van der Waals surface area contributed by atoms with Gasteiger partial charge in [-0.15, -0.1) is 0 Å². The smallest absolute Gasteiger partial charge is 0.313 e. The Morgan fingerprint density at radius 3 is 2.31 bits per heavy atom. The fourth-order valence-corrected chi connectivity index (χ4v) is 2.77. The first-order valence-corrected chi connectivity index (χ1v) is 8.49. The Bertz CT molecular complexity index is 796. The highest BCUT2D eigenvalue weighted by molar-refractivity contribution is 5.77. The third-order valence-corrected chi connectivity index (χ3v) is 4.25. The molecular formula is C21H25NO4. The molecule has 2 aromatic rings. The van der Waals surface area contributed by atoms with Crippen molar-refractivity contribution in [2.75, 3.05) is 7.11 Å². The molecule has 1 unspecified atom stereocenters. The first kappa shape index (κ1) is 19.5. The summed E-state index contributed by atoms with van der Waals surface area (Å²) < 4.78 is 10.7. The van der Waals surface area contributed by atoms with Gasteiger partial charge in [-0.05, 0) is 61.2 Å². The van der Waals surface area contributed by atoms with Crippen molar-refractivity contribution in [3.63, 3.8) is 0 Å². The van der Waals surface area contributed by atoms with E-state index in [1.54, 1.807) is 19.2 Å². The summed E-state index contributed by atoms with van der Waals surface area (Å²) >= 11 is 0. The zero-order valence-corrected chi connectivity index (χ0v) is 15.9. The van der Waals surface area contributed by atoms with Crippen LogP contribution in [-0.4, -0.2) is 19.0 Å². The molecular weight excluding hydrogens is 330 g/mol. The number of hydrogen-bond donors (Lipinski definition) is 1. The van der Waals surface area contributed by atoms with Crippen LogP contribution in [0.4, 0.5) is 0 Å². The number of hydrogen-bond acceptors (Lipinski definition) is 4. The van der Waals surface area contributed by atoms with Crippen molar-refractivity contribution in [1.29, 1.82) is 0 Å². The number of methoxy groups -OCH3 is 1. The first-order chi connectivity index (χ1) is 12.3. The summed E-state index contributed by atoms with van der Waals surface area (Å²) in [5, 5.41) is 2.81. The largest absolute Gasteiger partial charge is 0.497 e. The highest BCUT2D eigenvalue weighted by Crippen LogP contribution is 2.25. The van der Waals surface area contributed by atoms with Gasteiger partial charge in [0.05, 0.1) is 19.6 Å². The van der Waals surface area contributed by atoms with Crippen LogP contribution in [0, 0.1) is 20.8 Å². The predicted octanol–water partition coefficient (Wildman–Crippen LogP) is 3.79. The summed E-state index contributed by atoms with van der Waals surface area (Å²) in [5.41, 5.74) is 3.85. The van der Waals surface area contributed by atoms with Crippen LogP contribution in [-0.2, 0) is 9.59 Å². The first-order valence-electron chi connectivity index (χ1n) is 8.49. The maximum absolute atomic E-state index is 12.5. The molecule has 1 amide bonds. The molecule has 138 valence electrons. The van der Waals surface area contributed by atoms with E-state index in [0.29, 0.717) is 11.5 Å². The van der Waals surface area contributed by atoms with Crippen molar-refractivity contribution in [2.45, 2.75) is 40.2 Å². The van der Waals surface area contributed by atoms with Crippen LogP contribution in [0.1, 0.15) is 41.6 Å². The van der Waals surface area contributed by atoms with Crippen LogP contribution in [0.15, 0.2) is 36.4 Å². The molecule has 0 aliphatic heterocycles. The molecule has 5 nitrogen and oxygen atoms in total. The van der Waals surface area contributed by atoms with E-state index in [4.69, 9.17) is 9.47 Å². The number of rotatable bonds is 6. The van der Waals surface area contributed by atoms with Crippen LogP contribution < -0.4 is 14.8 Å². The maximum atomic E-state index is 12.5. The monoisotopic (exact) mass is 355 g/mol. The van der Waals surface area contributed by atoms with Gasteiger partial charge in [-0.25, -0.2) is 0 Å². The van der Waals surface area contributed by atoms with E-state index in [1.165, 1.54) is 6.92 Å². The molecule has 0 aliphatic rings. The Morgan fingerprint density at radius 1 is 1.08 bits per heavy atom. The average Bonchev–Trinajstić information content (AvgIpc) is 2.58. The van der Waals surface area contributed by atoms with Gasteiger partial charge in [0.1, 0.15) is 11.5 Å². The molecule has 0 fully saturated rings. The molecule has 0 aliphatic carbocycles. The Hall–Kier alpha value is -2.82. The number of carbonyl (C=O) groups excluding carboxylic acids is 2. The van der Waals surface area contributed by atoms with Crippen molar-refractivity contribution in [3.8, 4) is 11.5 Å². The van der Waals surface area contributed by atoms with Gasteiger partial charge in [-0.1, -0.05) is 18.2 Å². The summed E-state index contributed by atoms with van der Waals surface area (Å²) in [6.07, 6.45) is 0.0400. The Labute approximate surface area is 154 Å². The lowest BCUT2D eigenvalue weighted by atomic mass is 10.0. The fourth-order valence-electron chi connectivity index (χ4n) is 2.77. The quantitative estimate of drug-likeness (QED) is 0.632. The third-order valence-electron chi connectivity index (χ3n) is 4.25. The zero-order valence-electron chi connectivity index (χ0n) is 15.9. The van der Waals surface area contributed by atoms with Gasteiger partial charge >= 0.3 is 5.97 Å². The molecule has 0 saturated carbocycles. The van der Waals surface area contributed by atoms with Crippen LogP contribution >= 0.6 is 0 Å². The van der Waals surface area contributed by atoms with Crippen LogP contribution in [0.2, 0.25) is 0 Å². The molecule has 0 saturated heterocycles. The zero-order chi connectivity index (χ0) is 19.3. The number of aryl methyl sites for hydroxylation is 2. The number of ether oxygens (including phenoxy) is 2. The van der Waals surface area contributed by atoms with E-state index in [1.807, 2.05) is 45.0 Å². The Balaban J connectivity index is 2.17. The molecule has 2 rings (SSSR count). The van der Waals surface area contributed by atoms with Gasteiger partial charge in [0, 0.05) is 6.92 Å². The third kappa shape index (κ3) is 5.09. The lowest BCUT2D eigenvalue weighted by molar-refractivity contribution is -0.135. The van der Waals surface area contributed by atoms with Crippen molar-refractivity contribution < 1.29 is 19.1 Å². The normalized spacial score (nSPS) is 11.6. The van der Waals surface area contributed by atoms with E-state index in [0.717, 1.165) is 22.3 Å². The molecule has 0 heterocycles. The number of carbonyl (C=O) groups is 2. The van der Waals surface area contributed by atoms with E-state index >= 15 is 0 Å². The second-order valence-corrected chi connectivity index (χ2v) is 6.41. The Kier molecular flexibility index (Phi) is 6.39. The van der Waals surface area contributed by atoms with E-state index in [2.05, 4.69) is 5.32 Å². The van der Waals surface area contributed by atoms with Crippen molar-refractivity contribution >= 4 is 11.9 Å². The van der Waals surface area contributed by atoms with Gasteiger partial charge in [-0.3, -0.25) is 9.59 Å². The molecule has 1 atom stereocenters. The van der Waals surface area contributed by atoms with Crippen LogP contribution in [0.3, 0.4) is 0 Å². The summed E-state index contributed by atoms with van der Waals surface area (Å²) in [6, 6.07) is 10.7. The van der Waals surface area contributed by atoms with Crippen molar-refractivity contribution in [3.05, 3.63) is 58.7 Å². The summed E-state index contributed by atoms with van der Waals surface area (Å²) in [5.74, 6) is 0.668. The van der Waals surface area contributed by atoms with Gasteiger partial charge < -0.3 is 14.8 Å². The number of benzene rings is 2. The van der Waals surface area contributed by atoms with E-state index in [9.17, 15) is 9.59 Å². The van der Waals surface area contributed by atoms with E-state index in [-0.39, 0.29) is 12.3 Å². The molecule has 0 bridgehead atoms. The average molecular weight is 355 g/mol. The summed E-state index contributed by atoms with van der Waals surface area (Å²) in [7, 11) is 1.59. The minimum Gasteiger partial charge on any atom is -0.497 e. The summed E-state index contributed by atoms with van der Waals surface area (Å²) in [6.45, 7) is 7.29. The molecule has 1 N–H and O–H groups in total. The minimum absolute atomic E-state index is 0.0400. The SMILES string of the molecule is COc1ccc(C(CC(=O)Oc2cc(C)cc(C)c2C)NC(C)=O)cc1. The van der Waals surface area contributed by atoms with Crippen molar-refractivity contribution in [1.82, 2.24) is 5.32 Å². The van der Waals surface area contributed by atoms with Gasteiger partial charge in [0.2, 0.25) is 5.91 Å². The molecule has 0 spiro atoms. The predicted molar refractivity (Wildman–Crippen MR) is 100 cm³/mol. The summed E-state index contributed by atoms with van der Waals surface area (Å²) in [4.78, 5) is 24.0. The van der Waals surface area contributed by atoms with Crippen molar-refractivity contribution in [2.24, 2.45) is 0 Å². The maximum Gasteiger partial charge on any atom is 0.313 e. The molecule has 0 aromatic heterocycles. The van der Waals surface area contributed by atoms with E-state index < -0.39 is 12.0 Å². The number of amides is 1. The topological polar surface area (TPSA) is 64.6 Å². The minimum atomic E-state index is -0.461. The second kappa shape index (κ2) is 8.52. The number of esters is 1. The molecule has 5 heteroatoms. The number of nitrogens with one attached hydrogen (secondary N) is 1. The molecule has 2 aromatic carbocycles. The van der Waals surface area contributed by atoms with Gasteiger partial charge in [0.25, 0.3) is 0 Å².